The third-order valence-electron chi connectivity index (χ3n) is 3.07. The second-order valence-electron chi connectivity index (χ2n) is 5.07. The molecule has 0 bridgehead atoms. The number of carbonyl (C=O) groups is 1. The van der Waals surface area contributed by atoms with Crippen LogP contribution in [0.5, 0.6) is 5.75 Å². The molecule has 1 rings (SSSR count). The molecule has 0 aliphatic carbocycles. The van der Waals surface area contributed by atoms with E-state index < -0.39 is 0 Å². The molecule has 0 unspecified atom stereocenters. The van der Waals surface area contributed by atoms with Crippen LogP contribution in [0.25, 0.3) is 0 Å². The molecular weight excluding hydrogens is 268 g/mol. The summed E-state index contributed by atoms with van der Waals surface area (Å²) < 4.78 is 10.6. The van der Waals surface area contributed by atoms with Gasteiger partial charge in [0.15, 0.2) is 0 Å². The highest BCUT2D eigenvalue weighted by atomic mass is 16.5. The summed E-state index contributed by atoms with van der Waals surface area (Å²) in [7, 11) is 3.41. The van der Waals surface area contributed by atoms with Crippen LogP contribution in [0.4, 0.5) is 4.79 Å². The van der Waals surface area contributed by atoms with Crippen LogP contribution in [0.2, 0.25) is 0 Å². The third kappa shape index (κ3) is 6.49. The number of ether oxygens (including phenoxy) is 2. The van der Waals surface area contributed by atoms with Crippen LogP contribution < -0.4 is 10.1 Å². The predicted octanol–water partition coefficient (Wildman–Crippen LogP) is 2.65. The second kappa shape index (κ2) is 9.23. The van der Waals surface area contributed by atoms with Crippen LogP contribution in [0.3, 0.4) is 0 Å². The van der Waals surface area contributed by atoms with Crippen molar-refractivity contribution in [1.29, 1.82) is 0 Å². The molecule has 0 fully saturated rings. The van der Waals surface area contributed by atoms with E-state index in [1.807, 2.05) is 31.2 Å². The molecule has 118 valence electrons. The highest BCUT2D eigenvalue weighted by Crippen LogP contribution is 2.12. The summed E-state index contributed by atoms with van der Waals surface area (Å²) in [5.74, 6) is 0.813. The number of amides is 2. The number of hydrogen-bond donors (Lipinski definition) is 1. The van der Waals surface area contributed by atoms with Crippen molar-refractivity contribution in [3.63, 3.8) is 0 Å². The fourth-order valence-corrected chi connectivity index (χ4v) is 1.82. The predicted molar refractivity (Wildman–Crippen MR) is 83.6 cm³/mol. The van der Waals surface area contributed by atoms with Crippen LogP contribution >= 0.6 is 0 Å². The molecular formula is C16H26N2O3. The fourth-order valence-electron chi connectivity index (χ4n) is 1.82. The van der Waals surface area contributed by atoms with E-state index in [1.54, 1.807) is 19.1 Å². The van der Waals surface area contributed by atoms with Crippen molar-refractivity contribution in [2.75, 3.05) is 27.3 Å². The van der Waals surface area contributed by atoms with E-state index in [0.717, 1.165) is 24.3 Å². The van der Waals surface area contributed by atoms with Crippen molar-refractivity contribution < 1.29 is 14.3 Å². The first-order valence-corrected chi connectivity index (χ1v) is 7.30. The highest BCUT2D eigenvalue weighted by molar-refractivity contribution is 5.73. The van der Waals surface area contributed by atoms with Crippen molar-refractivity contribution in [3.8, 4) is 5.75 Å². The van der Waals surface area contributed by atoms with E-state index >= 15 is 0 Å². The first-order chi connectivity index (χ1) is 10.1. The maximum absolute atomic E-state index is 12.0. The number of hydrogen-bond acceptors (Lipinski definition) is 3. The van der Waals surface area contributed by atoms with Crippen LogP contribution in [0, 0.1) is 0 Å². The number of carbonyl (C=O) groups excluding carboxylic acids is 1. The van der Waals surface area contributed by atoms with Gasteiger partial charge in [0, 0.05) is 26.7 Å². The Morgan fingerprint density at radius 1 is 1.33 bits per heavy atom. The number of nitrogens with zero attached hydrogens (tertiary/aromatic N) is 1. The summed E-state index contributed by atoms with van der Waals surface area (Å²) in [4.78, 5) is 13.6. The molecule has 1 atom stereocenters. The van der Waals surface area contributed by atoms with Gasteiger partial charge in [-0.25, -0.2) is 4.79 Å². The zero-order valence-electron chi connectivity index (χ0n) is 13.4. The molecule has 1 N–H and O–H groups in total. The molecule has 2 amide bonds. The fraction of sp³-hybridized carbons (Fsp3) is 0.562. The molecule has 0 spiro atoms. The van der Waals surface area contributed by atoms with Crippen molar-refractivity contribution in [3.05, 3.63) is 29.8 Å². The van der Waals surface area contributed by atoms with E-state index in [9.17, 15) is 4.79 Å². The van der Waals surface area contributed by atoms with Gasteiger partial charge < -0.3 is 19.7 Å². The Balaban J connectivity index is 2.36. The zero-order valence-corrected chi connectivity index (χ0v) is 13.4. The van der Waals surface area contributed by atoms with Gasteiger partial charge in [-0.1, -0.05) is 19.1 Å². The molecule has 0 radical (unpaired) electrons. The molecule has 5 nitrogen and oxygen atoms in total. The molecule has 0 saturated heterocycles. The minimum Gasteiger partial charge on any atom is -0.497 e. The Morgan fingerprint density at radius 2 is 2.00 bits per heavy atom. The number of rotatable bonds is 8. The summed E-state index contributed by atoms with van der Waals surface area (Å²) in [5.41, 5.74) is 1.06. The number of nitrogens with one attached hydrogen (secondary N) is 1. The van der Waals surface area contributed by atoms with E-state index in [2.05, 4.69) is 12.2 Å². The van der Waals surface area contributed by atoms with Crippen molar-refractivity contribution in [2.45, 2.75) is 32.9 Å². The van der Waals surface area contributed by atoms with Gasteiger partial charge in [0.1, 0.15) is 5.75 Å². The van der Waals surface area contributed by atoms with E-state index in [1.165, 1.54) is 0 Å². The van der Waals surface area contributed by atoms with E-state index in [-0.39, 0.29) is 12.1 Å². The lowest BCUT2D eigenvalue weighted by molar-refractivity contribution is 0.0668. The van der Waals surface area contributed by atoms with Gasteiger partial charge in [-0.15, -0.1) is 0 Å². The minimum absolute atomic E-state index is 0.0308. The lowest BCUT2D eigenvalue weighted by Crippen LogP contribution is -2.40. The van der Waals surface area contributed by atoms with Gasteiger partial charge in [-0.2, -0.15) is 0 Å². The van der Waals surface area contributed by atoms with Crippen molar-refractivity contribution in [2.24, 2.45) is 0 Å². The minimum atomic E-state index is -0.0993. The largest absolute Gasteiger partial charge is 0.497 e. The van der Waals surface area contributed by atoms with Gasteiger partial charge in [-0.05, 0) is 31.0 Å². The lowest BCUT2D eigenvalue weighted by Gasteiger charge is -2.20. The average Bonchev–Trinajstić information content (AvgIpc) is 2.51. The molecule has 0 aliphatic heterocycles. The van der Waals surface area contributed by atoms with Crippen LogP contribution in [-0.2, 0) is 11.3 Å². The average molecular weight is 294 g/mol. The van der Waals surface area contributed by atoms with Crippen molar-refractivity contribution >= 4 is 6.03 Å². The van der Waals surface area contributed by atoms with Gasteiger partial charge in [-0.3, -0.25) is 0 Å². The van der Waals surface area contributed by atoms with Crippen LogP contribution in [0.1, 0.15) is 25.8 Å². The Kier molecular flexibility index (Phi) is 7.61. The standard InChI is InChI=1S/C16H26N2O3/c1-5-10-21-13(2)11-17-16(19)18(3)12-14-6-8-15(20-4)9-7-14/h6-9,13H,5,10-12H2,1-4H3,(H,17,19)/t13-/m0/s1. The monoisotopic (exact) mass is 294 g/mol. The summed E-state index contributed by atoms with van der Waals surface area (Å²) >= 11 is 0. The maximum atomic E-state index is 12.0. The molecule has 1 aromatic carbocycles. The molecule has 0 aromatic heterocycles. The molecule has 1 aromatic rings. The Labute approximate surface area is 127 Å². The van der Waals surface area contributed by atoms with E-state index in [0.29, 0.717) is 13.1 Å². The number of urea groups is 1. The normalized spacial score (nSPS) is 11.8. The first-order valence-electron chi connectivity index (χ1n) is 7.30. The quantitative estimate of drug-likeness (QED) is 0.802. The second-order valence-corrected chi connectivity index (χ2v) is 5.07. The van der Waals surface area contributed by atoms with Gasteiger partial charge in [0.2, 0.25) is 0 Å². The molecule has 5 heteroatoms. The van der Waals surface area contributed by atoms with Crippen LogP contribution in [-0.4, -0.2) is 44.3 Å². The summed E-state index contributed by atoms with van der Waals surface area (Å²) in [6.07, 6.45) is 1.01. The highest BCUT2D eigenvalue weighted by Gasteiger charge is 2.10. The van der Waals surface area contributed by atoms with Gasteiger partial charge >= 0.3 is 6.03 Å². The SMILES string of the molecule is CCCO[C@@H](C)CNC(=O)N(C)Cc1ccc(OC)cc1. The molecule has 0 heterocycles. The number of benzene rings is 1. The Bertz CT molecular complexity index is 420. The topological polar surface area (TPSA) is 50.8 Å². The summed E-state index contributed by atoms with van der Waals surface area (Å²) in [5, 5.41) is 2.87. The lowest BCUT2D eigenvalue weighted by atomic mass is 10.2. The summed E-state index contributed by atoms with van der Waals surface area (Å²) in [6.45, 7) is 5.82. The maximum Gasteiger partial charge on any atom is 0.317 e. The smallest absolute Gasteiger partial charge is 0.317 e. The van der Waals surface area contributed by atoms with E-state index in [4.69, 9.17) is 9.47 Å². The number of methoxy groups -OCH3 is 1. The third-order valence-corrected chi connectivity index (χ3v) is 3.07. The molecule has 0 aliphatic rings. The zero-order chi connectivity index (χ0) is 15.7. The van der Waals surface area contributed by atoms with Crippen LogP contribution in [0.15, 0.2) is 24.3 Å². The molecule has 21 heavy (non-hydrogen) atoms. The molecule has 0 saturated carbocycles. The van der Waals surface area contributed by atoms with Gasteiger partial charge in [0.05, 0.1) is 13.2 Å². The first kappa shape index (κ1) is 17.3. The van der Waals surface area contributed by atoms with Crippen molar-refractivity contribution in [1.82, 2.24) is 10.2 Å². The Morgan fingerprint density at radius 3 is 2.57 bits per heavy atom. The van der Waals surface area contributed by atoms with Gasteiger partial charge in [0.25, 0.3) is 0 Å². The summed E-state index contributed by atoms with van der Waals surface area (Å²) in [6, 6.07) is 7.59. The Hall–Kier alpha value is -1.75.